The van der Waals surface area contributed by atoms with Crippen molar-refractivity contribution in [3.8, 4) is 0 Å². The molecule has 1 aliphatic heterocycles. The van der Waals surface area contributed by atoms with E-state index in [1.54, 1.807) is 12.4 Å². The quantitative estimate of drug-likeness (QED) is 0.802. The third-order valence-electron chi connectivity index (χ3n) is 4.54. The van der Waals surface area contributed by atoms with Crippen LogP contribution in [0.4, 0.5) is 8.78 Å². The van der Waals surface area contributed by atoms with Crippen LogP contribution in [0, 0.1) is 11.6 Å². The van der Waals surface area contributed by atoms with Gasteiger partial charge in [-0.15, -0.1) is 0 Å². The molecule has 0 radical (unpaired) electrons. The topological polar surface area (TPSA) is 57.7 Å². The summed E-state index contributed by atoms with van der Waals surface area (Å²) in [5.41, 5.74) is 2.93. The number of nitrogens with one attached hydrogen (secondary N) is 1. The van der Waals surface area contributed by atoms with E-state index in [1.807, 2.05) is 0 Å². The van der Waals surface area contributed by atoms with Crippen LogP contribution in [-0.4, -0.2) is 38.2 Å². The van der Waals surface area contributed by atoms with Gasteiger partial charge in [0.15, 0.2) is 5.65 Å². The van der Waals surface area contributed by atoms with Crippen LogP contribution >= 0.6 is 0 Å². The van der Waals surface area contributed by atoms with Crippen LogP contribution in [0.5, 0.6) is 0 Å². The lowest BCUT2D eigenvalue weighted by Gasteiger charge is -2.32. The van der Waals surface area contributed by atoms with Crippen LogP contribution in [-0.2, 0) is 6.54 Å². The Balaban J connectivity index is 1.53. The van der Waals surface area contributed by atoms with E-state index in [0.717, 1.165) is 43.2 Å². The van der Waals surface area contributed by atoms with Gasteiger partial charge in [-0.2, -0.15) is 5.10 Å². The number of hydrogen-bond acceptors (Lipinski definition) is 4. The highest BCUT2D eigenvalue weighted by Crippen LogP contribution is 2.29. The summed E-state index contributed by atoms with van der Waals surface area (Å²) >= 11 is 0. The molecule has 7 heteroatoms. The van der Waals surface area contributed by atoms with Crippen LogP contribution in [0.3, 0.4) is 0 Å². The van der Waals surface area contributed by atoms with Crippen molar-refractivity contribution >= 4 is 11.2 Å². The normalized spacial score (nSPS) is 19.0. The molecule has 0 bridgehead atoms. The molecule has 0 saturated carbocycles. The van der Waals surface area contributed by atoms with Crippen molar-refractivity contribution in [1.82, 2.24) is 25.1 Å². The summed E-state index contributed by atoms with van der Waals surface area (Å²) in [5.74, 6) is -0.783. The number of hydrogen-bond donors (Lipinski definition) is 1. The zero-order valence-electron chi connectivity index (χ0n) is 13.0. The molecule has 124 valence electrons. The SMILES string of the molecule is Fc1ccc(CN2CCC[C@@H](c3[nH]nc4nccnc34)C2)c(F)c1. The molecule has 1 fully saturated rings. The highest BCUT2D eigenvalue weighted by atomic mass is 19.1. The number of halogens is 2. The molecule has 0 aliphatic carbocycles. The molecule has 5 nitrogen and oxygen atoms in total. The smallest absolute Gasteiger partial charge is 0.199 e. The minimum absolute atomic E-state index is 0.254. The van der Waals surface area contributed by atoms with E-state index in [2.05, 4.69) is 25.1 Å². The Labute approximate surface area is 137 Å². The summed E-state index contributed by atoms with van der Waals surface area (Å²) in [6.45, 7) is 2.15. The van der Waals surface area contributed by atoms with Gasteiger partial charge in [0.25, 0.3) is 0 Å². The van der Waals surface area contributed by atoms with E-state index in [0.29, 0.717) is 17.8 Å². The van der Waals surface area contributed by atoms with Crippen molar-refractivity contribution in [2.24, 2.45) is 0 Å². The van der Waals surface area contributed by atoms with Crippen LogP contribution in [0.2, 0.25) is 0 Å². The zero-order valence-corrected chi connectivity index (χ0v) is 13.0. The van der Waals surface area contributed by atoms with Crippen molar-refractivity contribution in [3.63, 3.8) is 0 Å². The maximum Gasteiger partial charge on any atom is 0.199 e. The van der Waals surface area contributed by atoms with Crippen LogP contribution in [0.25, 0.3) is 11.2 Å². The molecule has 0 spiro atoms. The Morgan fingerprint density at radius 3 is 2.96 bits per heavy atom. The number of nitrogens with zero attached hydrogens (tertiary/aromatic N) is 4. The van der Waals surface area contributed by atoms with Crippen molar-refractivity contribution in [2.75, 3.05) is 13.1 Å². The molecule has 1 atom stereocenters. The Hall–Kier alpha value is -2.41. The first-order valence-corrected chi connectivity index (χ1v) is 8.02. The zero-order chi connectivity index (χ0) is 16.5. The van der Waals surface area contributed by atoms with Gasteiger partial charge < -0.3 is 0 Å². The minimum Gasteiger partial charge on any atom is -0.298 e. The molecule has 3 heterocycles. The van der Waals surface area contributed by atoms with Gasteiger partial charge in [-0.1, -0.05) is 6.07 Å². The predicted octanol–water partition coefficient (Wildman–Crippen LogP) is 3.01. The number of aromatic nitrogens is 4. The van der Waals surface area contributed by atoms with Gasteiger partial charge in [0.1, 0.15) is 17.2 Å². The van der Waals surface area contributed by atoms with Gasteiger partial charge in [-0.05, 0) is 25.5 Å². The number of likely N-dealkylation sites (tertiary alicyclic amines) is 1. The second-order valence-corrected chi connectivity index (χ2v) is 6.18. The first-order chi connectivity index (χ1) is 11.7. The second kappa shape index (κ2) is 6.24. The molecule has 2 aromatic heterocycles. The summed E-state index contributed by atoms with van der Waals surface area (Å²) < 4.78 is 26.9. The van der Waals surface area contributed by atoms with E-state index >= 15 is 0 Å². The molecule has 1 saturated heterocycles. The minimum atomic E-state index is -0.546. The van der Waals surface area contributed by atoms with Gasteiger partial charge in [-0.3, -0.25) is 10.00 Å². The molecule has 1 aliphatic rings. The number of benzene rings is 1. The van der Waals surface area contributed by atoms with E-state index in [9.17, 15) is 8.78 Å². The fraction of sp³-hybridized carbons (Fsp3) is 0.353. The van der Waals surface area contributed by atoms with Crippen LogP contribution in [0.15, 0.2) is 30.6 Å². The van der Waals surface area contributed by atoms with Gasteiger partial charge in [0.05, 0.1) is 5.69 Å². The molecule has 3 aromatic rings. The standard InChI is InChI=1S/C17H17F2N5/c18-13-4-3-11(14(19)8-13)9-24-7-1-2-12(10-24)15-16-17(23-22-15)21-6-5-20-16/h3-6,8,12H,1-2,7,9-10H2,(H,21,22,23)/t12-/m1/s1. The Morgan fingerprint density at radius 2 is 2.08 bits per heavy atom. The summed E-state index contributed by atoms with van der Waals surface area (Å²) in [5, 5.41) is 7.27. The molecule has 0 amide bonds. The van der Waals surface area contributed by atoms with Crippen molar-refractivity contribution in [1.29, 1.82) is 0 Å². The largest absolute Gasteiger partial charge is 0.298 e. The highest BCUT2D eigenvalue weighted by molar-refractivity contribution is 5.72. The van der Waals surface area contributed by atoms with Crippen LogP contribution < -0.4 is 0 Å². The maximum absolute atomic E-state index is 13.9. The Bertz CT molecular complexity index is 863. The van der Waals surface area contributed by atoms with Gasteiger partial charge in [0, 0.05) is 43.0 Å². The summed E-state index contributed by atoms with van der Waals surface area (Å²) in [6, 6.07) is 3.76. The van der Waals surface area contributed by atoms with Gasteiger partial charge in [-0.25, -0.2) is 18.7 Å². The third-order valence-corrected chi connectivity index (χ3v) is 4.54. The van der Waals surface area contributed by atoms with Crippen LogP contribution in [0.1, 0.15) is 30.0 Å². The second-order valence-electron chi connectivity index (χ2n) is 6.18. The molecular weight excluding hydrogens is 312 g/mol. The first-order valence-electron chi connectivity index (χ1n) is 8.02. The van der Waals surface area contributed by atoms with E-state index in [-0.39, 0.29) is 5.92 Å². The fourth-order valence-electron chi connectivity index (χ4n) is 3.38. The average molecular weight is 329 g/mol. The van der Waals surface area contributed by atoms with Gasteiger partial charge >= 0.3 is 0 Å². The summed E-state index contributed by atoms with van der Waals surface area (Å²) in [4.78, 5) is 10.8. The van der Waals surface area contributed by atoms with Crippen molar-refractivity contribution < 1.29 is 8.78 Å². The predicted molar refractivity (Wildman–Crippen MR) is 85.3 cm³/mol. The average Bonchev–Trinajstić information content (AvgIpc) is 3.02. The number of H-pyrrole nitrogens is 1. The summed E-state index contributed by atoms with van der Waals surface area (Å²) in [6.07, 6.45) is 5.32. The molecule has 4 rings (SSSR count). The number of aromatic amines is 1. The third kappa shape index (κ3) is 2.87. The number of piperidine rings is 1. The Kier molecular flexibility index (Phi) is 3.93. The number of fused-ring (bicyclic) bond motifs is 1. The van der Waals surface area contributed by atoms with Crippen molar-refractivity contribution in [3.05, 3.63) is 53.5 Å². The monoisotopic (exact) mass is 329 g/mol. The van der Waals surface area contributed by atoms with E-state index in [4.69, 9.17) is 0 Å². The van der Waals surface area contributed by atoms with E-state index < -0.39 is 11.6 Å². The first kappa shape index (κ1) is 15.1. The lowest BCUT2D eigenvalue weighted by atomic mass is 9.94. The fourth-order valence-corrected chi connectivity index (χ4v) is 3.38. The lowest BCUT2D eigenvalue weighted by Crippen LogP contribution is -2.34. The molecule has 24 heavy (non-hydrogen) atoms. The maximum atomic E-state index is 13.9. The molecule has 1 aromatic carbocycles. The van der Waals surface area contributed by atoms with Gasteiger partial charge in [0.2, 0.25) is 0 Å². The van der Waals surface area contributed by atoms with E-state index in [1.165, 1.54) is 12.1 Å². The number of rotatable bonds is 3. The summed E-state index contributed by atoms with van der Waals surface area (Å²) in [7, 11) is 0. The highest BCUT2D eigenvalue weighted by Gasteiger charge is 2.25. The Morgan fingerprint density at radius 1 is 1.21 bits per heavy atom. The lowest BCUT2D eigenvalue weighted by molar-refractivity contribution is 0.196. The molecular formula is C17H17F2N5. The molecule has 1 N–H and O–H groups in total. The molecule has 0 unspecified atom stereocenters. The van der Waals surface area contributed by atoms with Crippen molar-refractivity contribution in [2.45, 2.75) is 25.3 Å².